The SMILES string of the molecule is CN=C(NCc1ccc(-n2ccnc2)nc1)N1CCC(COC)C1.I. The first kappa shape index (κ1) is 19.6. The zero-order valence-corrected chi connectivity index (χ0v) is 17.0. The summed E-state index contributed by atoms with van der Waals surface area (Å²) in [6.45, 7) is 3.53. The van der Waals surface area contributed by atoms with E-state index in [9.17, 15) is 0 Å². The molecular formula is C17H25IN6O. The largest absolute Gasteiger partial charge is 0.384 e. The number of rotatable bonds is 5. The molecule has 1 fully saturated rings. The molecule has 3 heterocycles. The topological polar surface area (TPSA) is 67.6 Å². The van der Waals surface area contributed by atoms with Crippen molar-refractivity contribution < 1.29 is 4.74 Å². The van der Waals surface area contributed by atoms with Crippen LogP contribution in [0.2, 0.25) is 0 Å². The van der Waals surface area contributed by atoms with E-state index in [0.29, 0.717) is 12.5 Å². The van der Waals surface area contributed by atoms with E-state index >= 15 is 0 Å². The van der Waals surface area contributed by atoms with Crippen molar-refractivity contribution in [3.05, 3.63) is 42.6 Å². The summed E-state index contributed by atoms with van der Waals surface area (Å²) in [5.41, 5.74) is 1.12. The number of aromatic nitrogens is 3. The number of likely N-dealkylation sites (tertiary alicyclic amines) is 1. The lowest BCUT2D eigenvalue weighted by Crippen LogP contribution is -2.39. The highest BCUT2D eigenvalue weighted by Gasteiger charge is 2.24. The van der Waals surface area contributed by atoms with Crippen LogP contribution in [0.15, 0.2) is 42.0 Å². The molecule has 1 aliphatic heterocycles. The minimum atomic E-state index is 0. The van der Waals surface area contributed by atoms with Crippen molar-refractivity contribution in [2.75, 3.05) is 33.9 Å². The van der Waals surface area contributed by atoms with Gasteiger partial charge in [0.1, 0.15) is 12.1 Å². The lowest BCUT2D eigenvalue weighted by atomic mass is 10.1. The number of hydrogen-bond acceptors (Lipinski definition) is 4. The molecule has 1 atom stereocenters. The summed E-state index contributed by atoms with van der Waals surface area (Å²) in [7, 11) is 3.59. The van der Waals surface area contributed by atoms with E-state index in [-0.39, 0.29) is 24.0 Å². The standard InChI is InChI=1S/C17H24N6O.HI/c1-18-17(22-7-5-15(11-22)12-24-2)21-10-14-3-4-16(20-9-14)23-8-6-19-13-23;/h3-4,6,8-9,13,15H,5,7,10-12H2,1-2H3,(H,18,21);1H. The molecule has 0 bridgehead atoms. The second kappa shape index (κ2) is 9.71. The number of pyridine rings is 1. The molecule has 0 spiro atoms. The van der Waals surface area contributed by atoms with E-state index in [0.717, 1.165) is 43.5 Å². The van der Waals surface area contributed by atoms with Gasteiger partial charge in [0.15, 0.2) is 5.96 Å². The van der Waals surface area contributed by atoms with Crippen LogP contribution in [0, 0.1) is 5.92 Å². The fraction of sp³-hybridized carbons (Fsp3) is 0.471. The van der Waals surface area contributed by atoms with Gasteiger partial charge in [0, 0.05) is 58.3 Å². The Labute approximate surface area is 165 Å². The van der Waals surface area contributed by atoms with Gasteiger partial charge >= 0.3 is 0 Å². The second-order valence-corrected chi connectivity index (χ2v) is 5.95. The maximum Gasteiger partial charge on any atom is 0.193 e. The molecule has 0 amide bonds. The van der Waals surface area contributed by atoms with E-state index in [1.54, 1.807) is 19.6 Å². The van der Waals surface area contributed by atoms with Crippen LogP contribution in [0.25, 0.3) is 5.82 Å². The molecule has 136 valence electrons. The van der Waals surface area contributed by atoms with Crippen molar-refractivity contribution in [3.8, 4) is 5.82 Å². The Morgan fingerprint density at radius 2 is 2.32 bits per heavy atom. The lowest BCUT2D eigenvalue weighted by Gasteiger charge is -2.21. The van der Waals surface area contributed by atoms with Crippen molar-refractivity contribution in [1.82, 2.24) is 24.8 Å². The highest BCUT2D eigenvalue weighted by molar-refractivity contribution is 14.0. The maximum atomic E-state index is 5.26. The molecule has 7 nitrogen and oxygen atoms in total. The van der Waals surface area contributed by atoms with Gasteiger partial charge in [0.2, 0.25) is 0 Å². The zero-order chi connectivity index (χ0) is 16.8. The molecule has 1 N–H and O–H groups in total. The summed E-state index contributed by atoms with van der Waals surface area (Å²) in [5, 5.41) is 3.42. The highest BCUT2D eigenvalue weighted by atomic mass is 127. The van der Waals surface area contributed by atoms with Crippen LogP contribution in [0.4, 0.5) is 0 Å². The molecule has 2 aromatic rings. The van der Waals surface area contributed by atoms with Gasteiger partial charge in [-0.15, -0.1) is 24.0 Å². The quantitative estimate of drug-likeness (QED) is 0.423. The predicted molar refractivity (Wildman–Crippen MR) is 109 cm³/mol. The first-order chi connectivity index (χ1) is 11.8. The third-order valence-corrected chi connectivity index (χ3v) is 4.23. The number of halogens is 1. The molecule has 0 saturated carbocycles. The maximum absolute atomic E-state index is 5.26. The monoisotopic (exact) mass is 456 g/mol. The van der Waals surface area contributed by atoms with Crippen molar-refractivity contribution in [2.24, 2.45) is 10.9 Å². The first-order valence-electron chi connectivity index (χ1n) is 8.18. The molecule has 1 saturated heterocycles. The molecule has 8 heteroatoms. The summed E-state index contributed by atoms with van der Waals surface area (Å²) < 4.78 is 7.14. The van der Waals surface area contributed by atoms with Gasteiger partial charge in [-0.25, -0.2) is 9.97 Å². The Morgan fingerprint density at radius 1 is 1.44 bits per heavy atom. The number of ether oxygens (including phenoxy) is 1. The molecule has 2 aromatic heterocycles. The van der Waals surface area contributed by atoms with Gasteiger partial charge in [-0.05, 0) is 18.1 Å². The van der Waals surface area contributed by atoms with E-state index in [1.165, 1.54) is 0 Å². The molecule has 0 aliphatic carbocycles. The van der Waals surface area contributed by atoms with Gasteiger partial charge in [0.25, 0.3) is 0 Å². The van der Waals surface area contributed by atoms with Crippen molar-refractivity contribution in [3.63, 3.8) is 0 Å². The van der Waals surface area contributed by atoms with Gasteiger partial charge in [-0.2, -0.15) is 0 Å². The number of nitrogens with one attached hydrogen (secondary N) is 1. The van der Waals surface area contributed by atoms with Crippen LogP contribution in [0.5, 0.6) is 0 Å². The van der Waals surface area contributed by atoms with Crippen molar-refractivity contribution in [1.29, 1.82) is 0 Å². The fourth-order valence-electron chi connectivity index (χ4n) is 2.98. The number of imidazole rings is 1. The second-order valence-electron chi connectivity index (χ2n) is 5.95. The van der Waals surface area contributed by atoms with E-state index < -0.39 is 0 Å². The predicted octanol–water partition coefficient (Wildman–Crippen LogP) is 1.93. The Morgan fingerprint density at radius 3 is 2.96 bits per heavy atom. The molecule has 3 rings (SSSR count). The smallest absolute Gasteiger partial charge is 0.193 e. The molecule has 25 heavy (non-hydrogen) atoms. The molecule has 1 aliphatic rings. The third kappa shape index (κ3) is 5.15. The van der Waals surface area contributed by atoms with E-state index in [4.69, 9.17) is 4.74 Å². The van der Waals surface area contributed by atoms with Crippen LogP contribution in [0.3, 0.4) is 0 Å². The first-order valence-corrected chi connectivity index (χ1v) is 8.18. The Kier molecular flexibility index (Phi) is 7.63. The highest BCUT2D eigenvalue weighted by Crippen LogP contribution is 2.16. The van der Waals surface area contributed by atoms with Crippen molar-refractivity contribution >= 4 is 29.9 Å². The summed E-state index contributed by atoms with van der Waals surface area (Å²) in [4.78, 5) is 15.2. The Bertz CT molecular complexity index is 658. The van der Waals surface area contributed by atoms with Crippen LogP contribution >= 0.6 is 24.0 Å². The Balaban J connectivity index is 0.00000225. The van der Waals surface area contributed by atoms with Crippen LogP contribution in [-0.4, -0.2) is 59.2 Å². The summed E-state index contributed by atoms with van der Waals surface area (Å²) in [5.74, 6) is 2.39. The summed E-state index contributed by atoms with van der Waals surface area (Å²) in [6, 6.07) is 4.06. The van der Waals surface area contributed by atoms with Crippen LogP contribution < -0.4 is 5.32 Å². The molecular weight excluding hydrogens is 431 g/mol. The summed E-state index contributed by atoms with van der Waals surface area (Å²) in [6.07, 6.45) is 8.40. The van der Waals surface area contributed by atoms with Gasteiger partial charge in [0.05, 0.1) is 6.61 Å². The third-order valence-electron chi connectivity index (χ3n) is 4.23. The summed E-state index contributed by atoms with van der Waals surface area (Å²) >= 11 is 0. The Hall–Kier alpha value is -1.68. The van der Waals surface area contributed by atoms with Gasteiger partial charge in [-0.1, -0.05) is 6.07 Å². The minimum absolute atomic E-state index is 0. The van der Waals surface area contributed by atoms with Crippen LogP contribution in [-0.2, 0) is 11.3 Å². The normalized spacial score (nSPS) is 17.4. The van der Waals surface area contributed by atoms with E-state index in [2.05, 4.69) is 31.2 Å². The van der Waals surface area contributed by atoms with Crippen molar-refractivity contribution in [2.45, 2.75) is 13.0 Å². The average Bonchev–Trinajstić information content (AvgIpc) is 3.29. The lowest BCUT2D eigenvalue weighted by molar-refractivity contribution is 0.157. The number of guanidine groups is 1. The molecule has 0 radical (unpaired) electrons. The number of nitrogens with zero attached hydrogens (tertiary/aromatic N) is 5. The van der Waals surface area contributed by atoms with Crippen LogP contribution in [0.1, 0.15) is 12.0 Å². The molecule has 1 unspecified atom stereocenters. The minimum Gasteiger partial charge on any atom is -0.384 e. The number of aliphatic imine (C=N–C) groups is 1. The zero-order valence-electron chi connectivity index (χ0n) is 14.6. The van der Waals surface area contributed by atoms with Gasteiger partial charge in [-0.3, -0.25) is 9.56 Å². The number of hydrogen-bond donors (Lipinski definition) is 1. The number of methoxy groups -OCH3 is 1. The fourth-order valence-corrected chi connectivity index (χ4v) is 2.98. The van der Waals surface area contributed by atoms with Gasteiger partial charge < -0.3 is 15.0 Å². The molecule has 0 aromatic carbocycles. The van der Waals surface area contributed by atoms with E-state index in [1.807, 2.05) is 30.1 Å². The average molecular weight is 456 g/mol.